The molecule has 3 heterocycles. The number of fused-ring (bicyclic) bond motifs is 1. The van der Waals surface area contributed by atoms with Crippen LogP contribution in [0.2, 0.25) is 0 Å². The molecule has 1 unspecified atom stereocenters. The Bertz CT molecular complexity index is 1080. The first-order valence-corrected chi connectivity index (χ1v) is 9.93. The fourth-order valence-corrected chi connectivity index (χ4v) is 3.65. The zero-order valence-electron chi connectivity index (χ0n) is 16.7. The molecule has 1 atom stereocenters. The molecule has 0 saturated carbocycles. The van der Waals surface area contributed by atoms with Crippen molar-refractivity contribution in [1.29, 1.82) is 0 Å². The minimum atomic E-state index is -0.225. The Morgan fingerprint density at radius 1 is 1.31 bits per heavy atom. The predicted molar refractivity (Wildman–Crippen MR) is 109 cm³/mol. The number of carbonyl (C=O) groups is 1. The largest absolute Gasteiger partial charge is 0.376 e. The number of nitrogens with one attached hydrogen (secondary N) is 1. The molecule has 3 aromatic rings. The van der Waals surface area contributed by atoms with Gasteiger partial charge in [-0.3, -0.25) is 9.59 Å². The maximum absolute atomic E-state index is 13.0. The number of aromatic nitrogens is 4. The third-order valence-corrected chi connectivity index (χ3v) is 5.47. The van der Waals surface area contributed by atoms with Gasteiger partial charge in [-0.15, -0.1) is 5.10 Å². The standard InChI is InChI=1S/C21H25N5O3/c1-14-17(10-11-18(27)22-13-16-9-6-12-29-16)20(28)26-21(25(14)2)23-19(24-26)15-7-4-3-5-8-15/h3-5,7-8,16H,6,9-13H2,1-2H3,(H,22,27). The van der Waals surface area contributed by atoms with Crippen LogP contribution in [-0.2, 0) is 23.0 Å². The molecule has 1 N–H and O–H groups in total. The van der Waals surface area contributed by atoms with Crippen molar-refractivity contribution in [3.8, 4) is 11.4 Å². The summed E-state index contributed by atoms with van der Waals surface area (Å²) in [6.45, 7) is 3.16. The number of benzene rings is 1. The number of amides is 1. The molecule has 1 aromatic carbocycles. The monoisotopic (exact) mass is 395 g/mol. The van der Waals surface area contributed by atoms with Gasteiger partial charge in [0, 0.05) is 43.4 Å². The summed E-state index contributed by atoms with van der Waals surface area (Å²) in [6.07, 6.45) is 2.73. The van der Waals surface area contributed by atoms with Gasteiger partial charge >= 0.3 is 0 Å². The zero-order valence-corrected chi connectivity index (χ0v) is 16.7. The lowest BCUT2D eigenvalue weighted by Crippen LogP contribution is -2.32. The topological polar surface area (TPSA) is 90.5 Å². The van der Waals surface area contributed by atoms with Crippen LogP contribution in [0.1, 0.15) is 30.5 Å². The summed E-state index contributed by atoms with van der Waals surface area (Å²) >= 11 is 0. The van der Waals surface area contributed by atoms with E-state index in [-0.39, 0.29) is 24.0 Å². The van der Waals surface area contributed by atoms with E-state index >= 15 is 0 Å². The van der Waals surface area contributed by atoms with Crippen molar-refractivity contribution >= 4 is 11.7 Å². The molecule has 2 aromatic heterocycles. The first-order valence-electron chi connectivity index (χ1n) is 9.93. The highest BCUT2D eigenvalue weighted by Gasteiger charge is 2.19. The first kappa shape index (κ1) is 19.3. The van der Waals surface area contributed by atoms with E-state index in [0.29, 0.717) is 30.1 Å². The van der Waals surface area contributed by atoms with Crippen molar-refractivity contribution in [3.05, 3.63) is 51.9 Å². The van der Waals surface area contributed by atoms with Crippen molar-refractivity contribution in [2.45, 2.75) is 38.7 Å². The van der Waals surface area contributed by atoms with E-state index < -0.39 is 0 Å². The third kappa shape index (κ3) is 3.93. The number of hydrogen-bond donors (Lipinski definition) is 1. The van der Waals surface area contributed by atoms with E-state index in [0.717, 1.165) is 30.7 Å². The lowest BCUT2D eigenvalue weighted by Gasteiger charge is -2.12. The summed E-state index contributed by atoms with van der Waals surface area (Å²) in [4.78, 5) is 29.8. The lowest BCUT2D eigenvalue weighted by molar-refractivity contribution is -0.121. The van der Waals surface area contributed by atoms with Crippen LogP contribution >= 0.6 is 0 Å². The smallest absolute Gasteiger partial charge is 0.279 e. The van der Waals surface area contributed by atoms with Crippen molar-refractivity contribution in [1.82, 2.24) is 24.5 Å². The molecule has 8 nitrogen and oxygen atoms in total. The summed E-state index contributed by atoms with van der Waals surface area (Å²) in [7, 11) is 1.86. The van der Waals surface area contributed by atoms with Crippen molar-refractivity contribution < 1.29 is 9.53 Å². The van der Waals surface area contributed by atoms with Gasteiger partial charge in [0.25, 0.3) is 5.56 Å². The van der Waals surface area contributed by atoms with Gasteiger partial charge in [-0.25, -0.2) is 0 Å². The zero-order chi connectivity index (χ0) is 20.4. The van der Waals surface area contributed by atoms with Gasteiger partial charge in [0.1, 0.15) is 0 Å². The minimum absolute atomic E-state index is 0.0781. The highest BCUT2D eigenvalue weighted by Crippen LogP contribution is 2.16. The van der Waals surface area contributed by atoms with Gasteiger partial charge in [0.15, 0.2) is 5.82 Å². The third-order valence-electron chi connectivity index (χ3n) is 5.47. The molecule has 1 aliphatic heterocycles. The molecule has 0 radical (unpaired) electrons. The molecule has 29 heavy (non-hydrogen) atoms. The second kappa shape index (κ2) is 8.16. The summed E-state index contributed by atoms with van der Waals surface area (Å²) < 4.78 is 8.70. The van der Waals surface area contributed by atoms with E-state index in [1.54, 1.807) is 0 Å². The normalized spacial score (nSPS) is 16.4. The van der Waals surface area contributed by atoms with E-state index in [4.69, 9.17) is 4.74 Å². The van der Waals surface area contributed by atoms with Gasteiger partial charge in [-0.2, -0.15) is 9.50 Å². The Hall–Kier alpha value is -3.00. The molecule has 1 saturated heterocycles. The van der Waals surface area contributed by atoms with Gasteiger partial charge < -0.3 is 14.6 Å². The average molecular weight is 395 g/mol. The summed E-state index contributed by atoms with van der Waals surface area (Å²) in [6, 6.07) is 9.55. The van der Waals surface area contributed by atoms with Gasteiger partial charge in [0.2, 0.25) is 11.7 Å². The number of carbonyl (C=O) groups excluding carboxylic acids is 1. The molecule has 0 bridgehead atoms. The van der Waals surface area contributed by atoms with E-state index in [1.165, 1.54) is 4.52 Å². The molecular formula is C21H25N5O3. The Balaban J connectivity index is 1.54. The van der Waals surface area contributed by atoms with Crippen LogP contribution in [0, 0.1) is 6.92 Å². The van der Waals surface area contributed by atoms with Crippen molar-refractivity contribution in [2.24, 2.45) is 7.05 Å². The quantitative estimate of drug-likeness (QED) is 0.685. The van der Waals surface area contributed by atoms with Crippen LogP contribution in [0.4, 0.5) is 0 Å². The lowest BCUT2D eigenvalue weighted by atomic mass is 10.1. The number of hydrogen-bond acceptors (Lipinski definition) is 5. The molecule has 152 valence electrons. The second-order valence-corrected chi connectivity index (χ2v) is 7.38. The van der Waals surface area contributed by atoms with Crippen LogP contribution in [0.25, 0.3) is 17.2 Å². The second-order valence-electron chi connectivity index (χ2n) is 7.38. The highest BCUT2D eigenvalue weighted by molar-refractivity contribution is 5.76. The fourth-order valence-electron chi connectivity index (χ4n) is 3.65. The first-order chi connectivity index (χ1) is 14.0. The van der Waals surface area contributed by atoms with E-state index in [2.05, 4.69) is 15.4 Å². The van der Waals surface area contributed by atoms with Gasteiger partial charge in [0.05, 0.1) is 6.10 Å². The molecule has 4 rings (SSSR count). The number of nitrogens with zero attached hydrogens (tertiary/aromatic N) is 4. The maximum Gasteiger partial charge on any atom is 0.279 e. The van der Waals surface area contributed by atoms with E-state index in [9.17, 15) is 9.59 Å². The Morgan fingerprint density at radius 2 is 2.10 bits per heavy atom. The van der Waals surface area contributed by atoms with Gasteiger partial charge in [-0.05, 0) is 26.2 Å². The van der Waals surface area contributed by atoms with Crippen LogP contribution in [-0.4, -0.2) is 44.3 Å². The van der Waals surface area contributed by atoms with Crippen LogP contribution in [0.5, 0.6) is 0 Å². The SMILES string of the molecule is Cc1c(CCC(=O)NCC2CCCO2)c(=O)n2nc(-c3ccccc3)nc2n1C. The average Bonchev–Trinajstić information content (AvgIpc) is 3.41. The number of ether oxygens (including phenoxy) is 1. The van der Waals surface area contributed by atoms with Gasteiger partial charge in [-0.1, -0.05) is 30.3 Å². The summed E-state index contributed by atoms with van der Waals surface area (Å²) in [5.41, 5.74) is 2.00. The number of rotatable bonds is 6. The molecule has 0 aliphatic carbocycles. The van der Waals surface area contributed by atoms with E-state index in [1.807, 2.05) is 48.9 Å². The molecule has 0 spiro atoms. The Labute approximate surface area is 168 Å². The number of aryl methyl sites for hydroxylation is 1. The summed E-state index contributed by atoms with van der Waals surface area (Å²) in [5.74, 6) is 0.910. The summed E-state index contributed by atoms with van der Waals surface area (Å²) in [5, 5.41) is 7.32. The molecule has 1 aliphatic rings. The van der Waals surface area contributed by atoms with Crippen molar-refractivity contribution in [3.63, 3.8) is 0 Å². The maximum atomic E-state index is 13.0. The molecule has 8 heteroatoms. The Morgan fingerprint density at radius 3 is 2.83 bits per heavy atom. The molecular weight excluding hydrogens is 370 g/mol. The minimum Gasteiger partial charge on any atom is -0.376 e. The Kier molecular flexibility index (Phi) is 5.44. The van der Waals surface area contributed by atoms with Crippen LogP contribution < -0.4 is 10.9 Å². The van der Waals surface area contributed by atoms with Crippen LogP contribution in [0.3, 0.4) is 0 Å². The highest BCUT2D eigenvalue weighted by atomic mass is 16.5. The molecule has 1 fully saturated rings. The van der Waals surface area contributed by atoms with Crippen LogP contribution in [0.15, 0.2) is 35.1 Å². The predicted octanol–water partition coefficient (Wildman–Crippen LogP) is 1.63. The van der Waals surface area contributed by atoms with Crippen molar-refractivity contribution in [2.75, 3.05) is 13.2 Å². The molecule has 1 amide bonds. The fraction of sp³-hybridized carbons (Fsp3) is 0.429.